The molecule has 1 aromatic carbocycles. The SMILES string of the molecule is CCC(CC)C(=O)Nc1ccc(Sc2nccn2C)cc1. The lowest BCUT2D eigenvalue weighted by Gasteiger charge is -2.13. The van der Waals surface area contributed by atoms with E-state index in [1.165, 1.54) is 0 Å². The van der Waals surface area contributed by atoms with Crippen molar-refractivity contribution < 1.29 is 4.79 Å². The van der Waals surface area contributed by atoms with E-state index in [1.807, 2.05) is 55.9 Å². The van der Waals surface area contributed by atoms with Gasteiger partial charge in [-0.25, -0.2) is 4.98 Å². The van der Waals surface area contributed by atoms with Crippen molar-refractivity contribution in [2.45, 2.75) is 36.7 Å². The molecule has 4 nitrogen and oxygen atoms in total. The maximum atomic E-state index is 12.0. The molecule has 0 bridgehead atoms. The summed E-state index contributed by atoms with van der Waals surface area (Å²) >= 11 is 1.60. The van der Waals surface area contributed by atoms with Gasteiger partial charge < -0.3 is 9.88 Å². The van der Waals surface area contributed by atoms with Crippen molar-refractivity contribution in [3.63, 3.8) is 0 Å². The average molecular weight is 303 g/mol. The summed E-state index contributed by atoms with van der Waals surface area (Å²) in [4.78, 5) is 17.4. The summed E-state index contributed by atoms with van der Waals surface area (Å²) in [5, 5.41) is 3.92. The Morgan fingerprint density at radius 2 is 1.95 bits per heavy atom. The smallest absolute Gasteiger partial charge is 0.227 e. The zero-order chi connectivity index (χ0) is 15.2. The minimum atomic E-state index is 0.0895. The number of anilines is 1. The minimum Gasteiger partial charge on any atom is -0.329 e. The molecule has 1 aromatic heterocycles. The molecule has 1 heterocycles. The van der Waals surface area contributed by atoms with E-state index in [0.717, 1.165) is 28.6 Å². The van der Waals surface area contributed by atoms with Gasteiger partial charge in [0.15, 0.2) is 5.16 Å². The summed E-state index contributed by atoms with van der Waals surface area (Å²) < 4.78 is 1.98. The van der Waals surface area contributed by atoms with Gasteiger partial charge in [-0.05, 0) is 37.1 Å². The van der Waals surface area contributed by atoms with Crippen molar-refractivity contribution in [2.75, 3.05) is 5.32 Å². The molecule has 0 spiro atoms. The van der Waals surface area contributed by atoms with E-state index in [2.05, 4.69) is 10.3 Å². The second-order valence-electron chi connectivity index (χ2n) is 4.95. The molecule has 0 saturated heterocycles. The zero-order valence-corrected chi connectivity index (χ0v) is 13.5. The fourth-order valence-electron chi connectivity index (χ4n) is 2.07. The van der Waals surface area contributed by atoms with Crippen LogP contribution in [0.15, 0.2) is 46.7 Å². The number of nitrogens with one attached hydrogen (secondary N) is 1. The van der Waals surface area contributed by atoms with Gasteiger partial charge in [0, 0.05) is 35.9 Å². The Morgan fingerprint density at radius 3 is 2.48 bits per heavy atom. The van der Waals surface area contributed by atoms with E-state index in [0.29, 0.717) is 0 Å². The predicted octanol–water partition coefficient (Wildman–Crippen LogP) is 3.95. The van der Waals surface area contributed by atoms with Crippen LogP contribution in [0.3, 0.4) is 0 Å². The number of hydrogen-bond donors (Lipinski definition) is 1. The molecule has 0 aliphatic carbocycles. The Morgan fingerprint density at radius 1 is 1.29 bits per heavy atom. The molecule has 2 rings (SSSR count). The lowest BCUT2D eigenvalue weighted by atomic mass is 10.0. The molecule has 0 aliphatic heterocycles. The third-order valence-electron chi connectivity index (χ3n) is 3.46. The van der Waals surface area contributed by atoms with E-state index in [9.17, 15) is 4.79 Å². The van der Waals surface area contributed by atoms with Crippen LogP contribution < -0.4 is 5.32 Å². The van der Waals surface area contributed by atoms with E-state index in [1.54, 1.807) is 18.0 Å². The molecule has 0 fully saturated rings. The largest absolute Gasteiger partial charge is 0.329 e. The molecule has 5 heteroatoms. The first-order valence-corrected chi connectivity index (χ1v) is 8.01. The standard InChI is InChI=1S/C16H21N3OS/c1-4-12(5-2)15(20)18-13-6-8-14(9-7-13)21-16-17-10-11-19(16)3/h6-12H,4-5H2,1-3H3,(H,18,20). The van der Waals surface area contributed by atoms with Crippen LogP contribution in [0.5, 0.6) is 0 Å². The first kappa shape index (κ1) is 15.6. The lowest BCUT2D eigenvalue weighted by molar-refractivity contribution is -0.120. The van der Waals surface area contributed by atoms with Gasteiger partial charge in [-0.15, -0.1) is 0 Å². The molecule has 0 aliphatic rings. The van der Waals surface area contributed by atoms with Crippen LogP contribution in [0, 0.1) is 5.92 Å². The average Bonchev–Trinajstić information content (AvgIpc) is 2.88. The van der Waals surface area contributed by atoms with Crippen molar-refractivity contribution in [3.05, 3.63) is 36.7 Å². The Bertz CT molecular complexity index is 588. The van der Waals surface area contributed by atoms with Gasteiger partial charge in [0.2, 0.25) is 5.91 Å². The predicted molar refractivity (Wildman–Crippen MR) is 86.5 cm³/mol. The van der Waals surface area contributed by atoms with Gasteiger partial charge in [0.25, 0.3) is 0 Å². The highest BCUT2D eigenvalue weighted by Gasteiger charge is 2.14. The van der Waals surface area contributed by atoms with Gasteiger partial charge in [0.1, 0.15) is 0 Å². The number of hydrogen-bond acceptors (Lipinski definition) is 3. The van der Waals surface area contributed by atoms with Gasteiger partial charge in [-0.3, -0.25) is 4.79 Å². The van der Waals surface area contributed by atoms with Gasteiger partial charge >= 0.3 is 0 Å². The second kappa shape index (κ2) is 7.31. The molecule has 0 unspecified atom stereocenters. The lowest BCUT2D eigenvalue weighted by Crippen LogP contribution is -2.21. The summed E-state index contributed by atoms with van der Waals surface area (Å²) in [7, 11) is 1.97. The molecule has 0 atom stereocenters. The Balaban J connectivity index is 1.99. The van der Waals surface area contributed by atoms with Gasteiger partial charge in [-0.2, -0.15) is 0 Å². The molecule has 1 amide bonds. The Hall–Kier alpha value is -1.75. The van der Waals surface area contributed by atoms with Crippen molar-refractivity contribution >= 4 is 23.4 Å². The van der Waals surface area contributed by atoms with Crippen LogP contribution in [0.1, 0.15) is 26.7 Å². The van der Waals surface area contributed by atoms with Gasteiger partial charge in [-0.1, -0.05) is 25.6 Å². The highest BCUT2D eigenvalue weighted by Crippen LogP contribution is 2.27. The third kappa shape index (κ3) is 4.11. The molecule has 1 N–H and O–H groups in total. The maximum absolute atomic E-state index is 12.0. The molecule has 0 saturated carbocycles. The monoisotopic (exact) mass is 303 g/mol. The third-order valence-corrected chi connectivity index (χ3v) is 4.55. The maximum Gasteiger partial charge on any atom is 0.227 e. The fourth-order valence-corrected chi connectivity index (χ4v) is 2.87. The Kier molecular flexibility index (Phi) is 5.44. The number of nitrogens with zero attached hydrogens (tertiary/aromatic N) is 2. The number of aromatic nitrogens is 2. The number of imidazole rings is 1. The molecule has 2 aromatic rings. The molecular weight excluding hydrogens is 282 g/mol. The van der Waals surface area contributed by atoms with Crippen LogP contribution in [0.2, 0.25) is 0 Å². The summed E-state index contributed by atoms with van der Waals surface area (Å²) in [6, 6.07) is 7.88. The highest BCUT2D eigenvalue weighted by atomic mass is 32.2. The zero-order valence-electron chi connectivity index (χ0n) is 12.7. The van der Waals surface area contributed by atoms with Crippen LogP contribution in [0.4, 0.5) is 5.69 Å². The first-order chi connectivity index (χ1) is 10.1. The molecule has 0 radical (unpaired) electrons. The van der Waals surface area contributed by atoms with Crippen LogP contribution >= 0.6 is 11.8 Å². The molecular formula is C16H21N3OS. The molecule has 21 heavy (non-hydrogen) atoms. The summed E-state index contributed by atoms with van der Waals surface area (Å²) in [6.07, 6.45) is 5.45. The van der Waals surface area contributed by atoms with Gasteiger partial charge in [0.05, 0.1) is 0 Å². The fraction of sp³-hybridized carbons (Fsp3) is 0.375. The van der Waals surface area contributed by atoms with Crippen LogP contribution in [0.25, 0.3) is 0 Å². The van der Waals surface area contributed by atoms with Crippen LogP contribution in [-0.4, -0.2) is 15.5 Å². The minimum absolute atomic E-state index is 0.0895. The van der Waals surface area contributed by atoms with E-state index >= 15 is 0 Å². The number of rotatable bonds is 6. The number of amides is 1. The normalized spacial score (nSPS) is 10.9. The topological polar surface area (TPSA) is 46.9 Å². The summed E-state index contributed by atoms with van der Waals surface area (Å²) in [6.45, 7) is 4.08. The summed E-state index contributed by atoms with van der Waals surface area (Å²) in [5.41, 5.74) is 0.844. The van der Waals surface area contributed by atoms with Crippen molar-refractivity contribution in [2.24, 2.45) is 13.0 Å². The van der Waals surface area contributed by atoms with Crippen LogP contribution in [-0.2, 0) is 11.8 Å². The number of carbonyl (C=O) groups excluding carboxylic acids is 1. The number of benzene rings is 1. The number of aryl methyl sites for hydroxylation is 1. The van der Waals surface area contributed by atoms with E-state index < -0.39 is 0 Å². The molecule has 112 valence electrons. The van der Waals surface area contributed by atoms with Crippen molar-refractivity contribution in [3.8, 4) is 0 Å². The first-order valence-electron chi connectivity index (χ1n) is 7.20. The van der Waals surface area contributed by atoms with E-state index in [-0.39, 0.29) is 11.8 Å². The number of carbonyl (C=O) groups is 1. The Labute approximate surface area is 130 Å². The van der Waals surface area contributed by atoms with E-state index in [4.69, 9.17) is 0 Å². The van der Waals surface area contributed by atoms with Crippen molar-refractivity contribution in [1.82, 2.24) is 9.55 Å². The quantitative estimate of drug-likeness (QED) is 0.879. The highest BCUT2D eigenvalue weighted by molar-refractivity contribution is 7.99. The van der Waals surface area contributed by atoms with Crippen molar-refractivity contribution in [1.29, 1.82) is 0 Å². The second-order valence-corrected chi connectivity index (χ2v) is 5.99. The summed E-state index contributed by atoms with van der Waals surface area (Å²) in [5.74, 6) is 0.191.